The predicted molar refractivity (Wildman–Crippen MR) is 64.4 cm³/mol. The van der Waals surface area contributed by atoms with Crippen LogP contribution < -0.4 is 5.43 Å². The fourth-order valence-electron chi connectivity index (χ4n) is 1.19. The highest BCUT2D eigenvalue weighted by Crippen LogP contribution is 2.14. The number of anilines is 1. The molecule has 1 heterocycles. The van der Waals surface area contributed by atoms with Crippen molar-refractivity contribution in [3.63, 3.8) is 0 Å². The van der Waals surface area contributed by atoms with E-state index in [1.807, 2.05) is 12.3 Å². The monoisotopic (exact) mass is 253 g/mol. The minimum absolute atomic E-state index is 0.173. The van der Waals surface area contributed by atoms with Gasteiger partial charge in [0, 0.05) is 5.38 Å². The van der Waals surface area contributed by atoms with Gasteiger partial charge in [-0.2, -0.15) is 5.10 Å². The summed E-state index contributed by atoms with van der Waals surface area (Å²) in [7, 11) is 0. The Bertz CT molecular complexity index is 531. The van der Waals surface area contributed by atoms with Gasteiger partial charge in [-0.15, -0.1) is 11.3 Å². The summed E-state index contributed by atoms with van der Waals surface area (Å²) in [6.07, 6.45) is 1.10. The smallest absolute Gasteiger partial charge is 0.203 e. The zero-order chi connectivity index (χ0) is 12.3. The van der Waals surface area contributed by atoms with Crippen LogP contribution in [-0.4, -0.2) is 11.2 Å². The highest BCUT2D eigenvalue weighted by molar-refractivity contribution is 7.13. The van der Waals surface area contributed by atoms with Gasteiger partial charge in [-0.25, -0.2) is 13.8 Å². The maximum absolute atomic E-state index is 13.2. The van der Waals surface area contributed by atoms with E-state index in [1.165, 1.54) is 29.5 Å². The first-order valence-electron chi connectivity index (χ1n) is 4.82. The van der Waals surface area contributed by atoms with Gasteiger partial charge < -0.3 is 0 Å². The number of hydrogen-bond donors (Lipinski definition) is 1. The molecule has 0 bridgehead atoms. The zero-order valence-corrected chi connectivity index (χ0v) is 9.76. The molecule has 6 heteroatoms. The Labute approximate surface area is 101 Å². The SMILES string of the molecule is Cc1csc(NN=Cc2c(F)cccc2F)n1. The van der Waals surface area contributed by atoms with Crippen LogP contribution in [0, 0.1) is 18.6 Å². The Morgan fingerprint density at radius 3 is 2.65 bits per heavy atom. The van der Waals surface area contributed by atoms with Gasteiger partial charge >= 0.3 is 0 Å². The molecule has 0 saturated heterocycles. The number of nitrogens with one attached hydrogen (secondary N) is 1. The summed E-state index contributed by atoms with van der Waals surface area (Å²) >= 11 is 1.37. The first-order chi connectivity index (χ1) is 8.16. The predicted octanol–water partition coefficient (Wildman–Crippen LogP) is 3.18. The Morgan fingerprint density at radius 2 is 2.06 bits per heavy atom. The van der Waals surface area contributed by atoms with Crippen molar-refractivity contribution in [2.75, 3.05) is 5.43 Å². The summed E-state index contributed by atoms with van der Waals surface area (Å²) in [4.78, 5) is 4.09. The summed E-state index contributed by atoms with van der Waals surface area (Å²) in [5.41, 5.74) is 3.30. The largest absolute Gasteiger partial charge is 0.253 e. The lowest BCUT2D eigenvalue weighted by Crippen LogP contribution is -1.96. The topological polar surface area (TPSA) is 37.3 Å². The van der Waals surface area contributed by atoms with Crippen molar-refractivity contribution in [1.82, 2.24) is 4.98 Å². The van der Waals surface area contributed by atoms with Crippen molar-refractivity contribution >= 4 is 22.7 Å². The van der Waals surface area contributed by atoms with Gasteiger partial charge in [0.2, 0.25) is 5.13 Å². The van der Waals surface area contributed by atoms with E-state index in [-0.39, 0.29) is 5.56 Å². The second-order valence-corrected chi connectivity index (χ2v) is 4.16. The molecule has 88 valence electrons. The van der Waals surface area contributed by atoms with Crippen LogP contribution in [0.5, 0.6) is 0 Å². The molecule has 2 aromatic rings. The number of aryl methyl sites for hydroxylation is 1. The average molecular weight is 253 g/mol. The molecule has 3 nitrogen and oxygen atoms in total. The molecule has 0 amide bonds. The van der Waals surface area contributed by atoms with Gasteiger partial charge in [-0.3, -0.25) is 5.43 Å². The van der Waals surface area contributed by atoms with Crippen LogP contribution in [0.25, 0.3) is 0 Å². The molecule has 1 aromatic carbocycles. The van der Waals surface area contributed by atoms with Gasteiger partial charge in [-0.1, -0.05) is 6.07 Å². The third kappa shape index (κ3) is 2.85. The highest BCUT2D eigenvalue weighted by Gasteiger charge is 2.04. The number of aromatic nitrogens is 1. The van der Waals surface area contributed by atoms with E-state index < -0.39 is 11.6 Å². The van der Waals surface area contributed by atoms with Crippen molar-refractivity contribution < 1.29 is 8.78 Å². The number of benzene rings is 1. The molecule has 2 rings (SSSR count). The first-order valence-corrected chi connectivity index (χ1v) is 5.70. The maximum Gasteiger partial charge on any atom is 0.203 e. The standard InChI is InChI=1S/C11H9F2N3S/c1-7-6-17-11(15-7)16-14-5-8-9(12)3-2-4-10(8)13/h2-6H,1H3,(H,15,16). The third-order valence-corrected chi connectivity index (χ3v) is 2.84. The second-order valence-electron chi connectivity index (χ2n) is 3.30. The molecule has 0 fully saturated rings. The van der Waals surface area contributed by atoms with Crippen LogP contribution in [0.2, 0.25) is 0 Å². The van der Waals surface area contributed by atoms with Gasteiger partial charge in [0.15, 0.2) is 0 Å². The van der Waals surface area contributed by atoms with Crippen LogP contribution in [0.3, 0.4) is 0 Å². The van der Waals surface area contributed by atoms with Gasteiger partial charge in [-0.05, 0) is 19.1 Å². The molecule has 1 aromatic heterocycles. The van der Waals surface area contributed by atoms with Crippen LogP contribution in [0.4, 0.5) is 13.9 Å². The van der Waals surface area contributed by atoms with E-state index in [9.17, 15) is 8.78 Å². The lowest BCUT2D eigenvalue weighted by molar-refractivity contribution is 0.580. The molecule has 0 aliphatic rings. The fourth-order valence-corrected chi connectivity index (χ4v) is 1.83. The summed E-state index contributed by atoms with van der Waals surface area (Å²) in [5.74, 6) is -1.29. The molecule has 17 heavy (non-hydrogen) atoms. The molecular weight excluding hydrogens is 244 g/mol. The number of hydrogen-bond acceptors (Lipinski definition) is 4. The zero-order valence-electron chi connectivity index (χ0n) is 8.95. The second kappa shape index (κ2) is 5.01. The quantitative estimate of drug-likeness (QED) is 0.673. The number of thiazole rings is 1. The minimum atomic E-state index is -0.647. The molecule has 0 aliphatic carbocycles. The molecule has 0 aliphatic heterocycles. The number of halogens is 2. The Balaban J connectivity index is 2.10. The van der Waals surface area contributed by atoms with E-state index >= 15 is 0 Å². The molecular formula is C11H9F2N3S. The molecule has 0 saturated carbocycles. The van der Waals surface area contributed by atoms with Crippen molar-refractivity contribution in [2.45, 2.75) is 6.92 Å². The van der Waals surface area contributed by atoms with Gasteiger partial charge in [0.1, 0.15) is 11.6 Å². The maximum atomic E-state index is 13.2. The highest BCUT2D eigenvalue weighted by atomic mass is 32.1. The lowest BCUT2D eigenvalue weighted by atomic mass is 10.2. The van der Waals surface area contributed by atoms with Crippen LogP contribution in [0.15, 0.2) is 28.7 Å². The average Bonchev–Trinajstić information content (AvgIpc) is 2.69. The Morgan fingerprint density at radius 1 is 1.35 bits per heavy atom. The van der Waals surface area contributed by atoms with Crippen molar-refractivity contribution in [2.24, 2.45) is 5.10 Å². The van der Waals surface area contributed by atoms with E-state index in [2.05, 4.69) is 15.5 Å². The normalized spacial score (nSPS) is 11.0. The minimum Gasteiger partial charge on any atom is -0.253 e. The number of nitrogens with zero attached hydrogens (tertiary/aromatic N) is 2. The summed E-state index contributed by atoms with van der Waals surface area (Å²) in [6.45, 7) is 1.85. The van der Waals surface area contributed by atoms with Crippen LogP contribution in [0.1, 0.15) is 11.3 Å². The van der Waals surface area contributed by atoms with E-state index in [0.717, 1.165) is 11.9 Å². The summed E-state index contributed by atoms with van der Waals surface area (Å²) in [6, 6.07) is 3.66. The van der Waals surface area contributed by atoms with E-state index in [0.29, 0.717) is 5.13 Å². The van der Waals surface area contributed by atoms with E-state index in [1.54, 1.807) is 0 Å². The molecule has 1 N–H and O–H groups in total. The molecule has 0 unspecified atom stereocenters. The summed E-state index contributed by atoms with van der Waals surface area (Å²) < 4.78 is 26.4. The fraction of sp³-hybridized carbons (Fsp3) is 0.0909. The van der Waals surface area contributed by atoms with Gasteiger partial charge in [0.05, 0.1) is 17.5 Å². The Hall–Kier alpha value is -1.82. The van der Waals surface area contributed by atoms with Crippen LogP contribution in [-0.2, 0) is 0 Å². The summed E-state index contributed by atoms with van der Waals surface area (Å²) in [5, 5.41) is 6.17. The van der Waals surface area contributed by atoms with Crippen molar-refractivity contribution in [3.05, 3.63) is 46.5 Å². The molecule has 0 spiro atoms. The van der Waals surface area contributed by atoms with Crippen LogP contribution >= 0.6 is 11.3 Å². The van der Waals surface area contributed by atoms with Crippen molar-refractivity contribution in [1.29, 1.82) is 0 Å². The number of hydrazone groups is 1. The van der Waals surface area contributed by atoms with Crippen molar-refractivity contribution in [3.8, 4) is 0 Å². The van der Waals surface area contributed by atoms with Gasteiger partial charge in [0.25, 0.3) is 0 Å². The number of rotatable bonds is 3. The lowest BCUT2D eigenvalue weighted by Gasteiger charge is -1.97. The first kappa shape index (κ1) is 11.7. The Kier molecular flexibility index (Phi) is 3.43. The third-order valence-electron chi connectivity index (χ3n) is 1.97. The molecule has 0 atom stereocenters. The van der Waals surface area contributed by atoms with E-state index in [4.69, 9.17) is 0 Å². The molecule has 0 radical (unpaired) electrons.